The zero-order chi connectivity index (χ0) is 31.2. The Kier molecular flexibility index (Phi) is 10.4. The number of aliphatic carboxylic acids is 1. The standard InChI is InChI=1S/C33H40N2O6S2/c1-5-7-18-33(6-2)22-35(25-16-12-9-13-17-25)26-19-28(42-4)27(20-29(26)43(39,40)23-33)41-21-30(36)34(3)31(32(37)38)24-14-10-8-11-15-24/h8-17,19-20,31H,5-7,18,21-23H2,1-4H3,(H,37,38)/t31-,33?/m0/s1. The maximum Gasteiger partial charge on any atom is 0.331 e. The fourth-order valence-corrected chi connectivity index (χ4v) is 8.42. The Balaban J connectivity index is 1.72. The van der Waals surface area contributed by atoms with E-state index >= 15 is 0 Å². The lowest BCUT2D eigenvalue weighted by molar-refractivity contribution is -0.150. The largest absolute Gasteiger partial charge is 0.483 e. The van der Waals surface area contributed by atoms with Crippen molar-refractivity contribution in [1.82, 2.24) is 4.90 Å². The number of benzene rings is 3. The van der Waals surface area contributed by atoms with Gasteiger partial charge in [-0.15, -0.1) is 11.8 Å². The molecule has 0 bridgehead atoms. The number of thioether (sulfide) groups is 1. The highest BCUT2D eigenvalue weighted by Crippen LogP contribution is 2.47. The predicted molar refractivity (Wildman–Crippen MR) is 171 cm³/mol. The molecule has 0 aliphatic carbocycles. The van der Waals surface area contributed by atoms with Crippen LogP contribution in [-0.2, 0) is 19.4 Å². The summed E-state index contributed by atoms with van der Waals surface area (Å²) in [7, 11) is -2.31. The SMILES string of the molecule is CCCCC1(CC)CN(c2ccccc2)c2cc(SC)c(OCC(=O)N(C)[C@H](C(=O)O)c3ccccc3)cc2S(=O)(=O)C1. The molecule has 0 saturated heterocycles. The van der Waals surface area contributed by atoms with Gasteiger partial charge < -0.3 is 19.6 Å². The summed E-state index contributed by atoms with van der Waals surface area (Å²) in [5, 5.41) is 9.86. The van der Waals surface area contributed by atoms with E-state index in [9.17, 15) is 23.1 Å². The Hall–Kier alpha value is -3.50. The number of anilines is 2. The van der Waals surface area contributed by atoms with Crippen molar-refractivity contribution < 1.29 is 27.9 Å². The summed E-state index contributed by atoms with van der Waals surface area (Å²) < 4.78 is 34.2. The Bertz CT molecular complexity index is 1530. The maximum atomic E-state index is 14.1. The molecule has 1 heterocycles. The fraction of sp³-hybridized carbons (Fsp3) is 0.394. The number of carboxylic acid groups (broad SMARTS) is 1. The Morgan fingerprint density at radius 2 is 1.72 bits per heavy atom. The Morgan fingerprint density at radius 3 is 2.30 bits per heavy atom. The molecule has 3 aromatic rings. The smallest absolute Gasteiger partial charge is 0.331 e. The number of unbranched alkanes of at least 4 members (excludes halogenated alkanes) is 1. The molecule has 0 spiro atoms. The molecule has 0 radical (unpaired) electrons. The summed E-state index contributed by atoms with van der Waals surface area (Å²) in [5.74, 6) is -1.42. The molecule has 0 saturated carbocycles. The third-order valence-electron chi connectivity index (χ3n) is 8.22. The van der Waals surface area contributed by atoms with Gasteiger partial charge in [0.25, 0.3) is 5.91 Å². The van der Waals surface area contributed by atoms with Gasteiger partial charge in [-0.25, -0.2) is 13.2 Å². The van der Waals surface area contributed by atoms with E-state index in [1.54, 1.807) is 30.3 Å². The van der Waals surface area contributed by atoms with Crippen molar-refractivity contribution in [2.24, 2.45) is 5.41 Å². The van der Waals surface area contributed by atoms with Gasteiger partial charge in [-0.3, -0.25) is 4.79 Å². The number of hydrogen-bond acceptors (Lipinski definition) is 7. The Labute approximate surface area is 259 Å². The van der Waals surface area contributed by atoms with Crippen LogP contribution in [0.1, 0.15) is 51.1 Å². The Morgan fingerprint density at radius 1 is 1.07 bits per heavy atom. The lowest BCUT2D eigenvalue weighted by Crippen LogP contribution is -2.38. The monoisotopic (exact) mass is 624 g/mol. The van der Waals surface area contributed by atoms with Crippen LogP contribution in [0.4, 0.5) is 11.4 Å². The molecule has 1 aliphatic heterocycles. The number of likely N-dealkylation sites (N-methyl/N-ethyl adjacent to an activating group) is 1. The van der Waals surface area contributed by atoms with Gasteiger partial charge in [-0.1, -0.05) is 75.2 Å². The van der Waals surface area contributed by atoms with Crippen LogP contribution >= 0.6 is 11.8 Å². The number of carbonyl (C=O) groups is 2. The van der Waals surface area contributed by atoms with Gasteiger partial charge in [0.15, 0.2) is 22.5 Å². The van der Waals surface area contributed by atoms with Crippen molar-refractivity contribution in [3.8, 4) is 5.75 Å². The third-order valence-corrected chi connectivity index (χ3v) is 11.0. The van der Waals surface area contributed by atoms with Crippen molar-refractivity contribution in [2.75, 3.05) is 37.1 Å². The molecule has 230 valence electrons. The number of hydrogen-bond donors (Lipinski definition) is 1. The molecule has 1 unspecified atom stereocenters. The molecule has 43 heavy (non-hydrogen) atoms. The number of ether oxygens (including phenoxy) is 1. The average Bonchev–Trinajstić information content (AvgIpc) is 3.10. The van der Waals surface area contributed by atoms with Crippen LogP contribution in [0.15, 0.2) is 82.6 Å². The zero-order valence-corrected chi connectivity index (χ0v) is 26.8. The normalized spacial score (nSPS) is 18.3. The van der Waals surface area contributed by atoms with Crippen molar-refractivity contribution in [2.45, 2.75) is 55.4 Å². The first-order valence-electron chi connectivity index (χ1n) is 14.5. The number of carboxylic acids is 1. The van der Waals surface area contributed by atoms with Gasteiger partial charge >= 0.3 is 5.97 Å². The highest BCUT2D eigenvalue weighted by atomic mass is 32.2. The lowest BCUT2D eigenvalue weighted by atomic mass is 9.81. The van der Waals surface area contributed by atoms with E-state index in [1.807, 2.05) is 42.7 Å². The highest BCUT2D eigenvalue weighted by molar-refractivity contribution is 7.98. The molecule has 1 aliphatic rings. The molecule has 0 aromatic heterocycles. The van der Waals surface area contributed by atoms with E-state index < -0.39 is 39.8 Å². The summed E-state index contributed by atoms with van der Waals surface area (Å²) in [6.45, 7) is 4.29. The van der Waals surface area contributed by atoms with Crippen molar-refractivity contribution >= 4 is 44.9 Å². The van der Waals surface area contributed by atoms with Crippen LogP contribution in [0.25, 0.3) is 0 Å². The van der Waals surface area contributed by atoms with E-state index in [-0.39, 0.29) is 16.4 Å². The van der Waals surface area contributed by atoms with Gasteiger partial charge in [-0.05, 0) is 42.9 Å². The van der Waals surface area contributed by atoms with Crippen LogP contribution in [0.3, 0.4) is 0 Å². The number of para-hydroxylation sites is 1. The highest BCUT2D eigenvalue weighted by Gasteiger charge is 2.42. The maximum absolute atomic E-state index is 14.1. The molecular weight excluding hydrogens is 585 g/mol. The number of carbonyl (C=O) groups excluding carboxylic acids is 1. The number of amides is 1. The van der Waals surface area contributed by atoms with Crippen molar-refractivity contribution in [3.63, 3.8) is 0 Å². The molecule has 10 heteroatoms. The van der Waals surface area contributed by atoms with Crippen LogP contribution in [0.2, 0.25) is 0 Å². The molecule has 4 rings (SSSR count). The van der Waals surface area contributed by atoms with E-state index in [0.717, 1.165) is 36.3 Å². The van der Waals surface area contributed by atoms with Gasteiger partial charge in [-0.2, -0.15) is 0 Å². The van der Waals surface area contributed by atoms with Gasteiger partial charge in [0.1, 0.15) is 5.75 Å². The second-order valence-corrected chi connectivity index (χ2v) is 13.9. The van der Waals surface area contributed by atoms with Crippen LogP contribution in [-0.4, -0.2) is 62.5 Å². The summed E-state index contributed by atoms with van der Waals surface area (Å²) in [5.41, 5.74) is 1.53. The average molecular weight is 625 g/mol. The van der Waals surface area contributed by atoms with Crippen molar-refractivity contribution in [3.05, 3.63) is 78.4 Å². The molecule has 1 N–H and O–H groups in total. The first kappa shape index (κ1) is 32.4. The minimum Gasteiger partial charge on any atom is -0.483 e. The molecular formula is C33H40N2O6S2. The zero-order valence-electron chi connectivity index (χ0n) is 25.2. The number of nitrogens with zero attached hydrogens (tertiary/aromatic N) is 2. The summed E-state index contributed by atoms with van der Waals surface area (Å²) >= 11 is 1.39. The number of rotatable bonds is 12. The quantitative estimate of drug-likeness (QED) is 0.225. The third kappa shape index (κ3) is 7.18. The van der Waals surface area contributed by atoms with Crippen LogP contribution in [0.5, 0.6) is 5.75 Å². The van der Waals surface area contributed by atoms with E-state index in [1.165, 1.54) is 24.9 Å². The van der Waals surface area contributed by atoms with Crippen LogP contribution < -0.4 is 9.64 Å². The van der Waals surface area contributed by atoms with E-state index in [2.05, 4.69) is 18.7 Å². The first-order chi connectivity index (χ1) is 20.6. The molecule has 2 atom stereocenters. The van der Waals surface area contributed by atoms with E-state index in [4.69, 9.17) is 4.74 Å². The molecule has 1 amide bonds. The van der Waals surface area contributed by atoms with Gasteiger partial charge in [0.05, 0.1) is 21.2 Å². The second-order valence-electron chi connectivity index (χ2n) is 11.1. The second kappa shape index (κ2) is 13.9. The lowest BCUT2D eigenvalue weighted by Gasteiger charge is -2.36. The molecule has 8 nitrogen and oxygen atoms in total. The minimum absolute atomic E-state index is 0.0178. The first-order valence-corrected chi connectivity index (χ1v) is 17.4. The fourth-order valence-electron chi connectivity index (χ4n) is 5.69. The summed E-state index contributed by atoms with van der Waals surface area (Å²) in [4.78, 5) is 29.3. The van der Waals surface area contributed by atoms with E-state index in [0.29, 0.717) is 22.7 Å². The predicted octanol–water partition coefficient (Wildman–Crippen LogP) is 6.58. The van der Waals surface area contributed by atoms with Crippen molar-refractivity contribution in [1.29, 1.82) is 0 Å². The topological polar surface area (TPSA) is 104 Å². The number of sulfone groups is 1. The van der Waals surface area contributed by atoms with Gasteiger partial charge in [0, 0.05) is 30.8 Å². The molecule has 0 fully saturated rings. The van der Waals surface area contributed by atoms with Gasteiger partial charge in [0.2, 0.25) is 0 Å². The summed E-state index contributed by atoms with van der Waals surface area (Å²) in [6, 6.07) is 20.5. The van der Waals surface area contributed by atoms with Crippen LogP contribution in [0, 0.1) is 5.41 Å². The molecule has 3 aromatic carbocycles. The number of fused-ring (bicyclic) bond motifs is 1. The minimum atomic E-state index is -3.74. The summed E-state index contributed by atoms with van der Waals surface area (Å²) in [6.07, 6.45) is 5.29.